The topological polar surface area (TPSA) is 78.2 Å². The maximum atomic E-state index is 13.1. The Kier molecular flexibility index (Phi) is 8.57. The maximum Gasteiger partial charge on any atom is 0.161 e. The number of β-amino-alcohol motifs (C(OH)–C–C–N with tert-alkyl or cyclic N) is 1. The highest BCUT2D eigenvalue weighted by molar-refractivity contribution is 5.43. The van der Waals surface area contributed by atoms with Crippen LogP contribution in [0.4, 0.5) is 4.39 Å². The molecule has 1 fully saturated rings. The molecule has 1 atom stereocenters. The van der Waals surface area contributed by atoms with Crippen LogP contribution in [0.5, 0.6) is 17.2 Å². The van der Waals surface area contributed by atoms with E-state index < -0.39 is 5.60 Å². The first-order chi connectivity index (χ1) is 17.0. The lowest BCUT2D eigenvalue weighted by atomic mass is 10.1. The molecule has 9 heteroatoms. The van der Waals surface area contributed by atoms with Gasteiger partial charge in [-0.15, -0.1) is 0 Å². The fourth-order valence-electron chi connectivity index (χ4n) is 4.00. The third-order valence-electron chi connectivity index (χ3n) is 5.77. The van der Waals surface area contributed by atoms with Gasteiger partial charge in [-0.3, -0.25) is 4.90 Å². The SMILES string of the molecule is COc1cc(CN2CCOC[C@](O)(COc3ccc(F)cc3)C2)ccc1OCCCn1ccnc1. The van der Waals surface area contributed by atoms with Crippen LogP contribution in [0.15, 0.2) is 61.2 Å². The lowest BCUT2D eigenvalue weighted by Gasteiger charge is -2.30. The molecular formula is C26H32FN3O5. The van der Waals surface area contributed by atoms with Crippen molar-refractivity contribution in [2.75, 3.05) is 46.6 Å². The van der Waals surface area contributed by atoms with Gasteiger partial charge in [0.15, 0.2) is 11.5 Å². The van der Waals surface area contributed by atoms with Crippen molar-refractivity contribution in [1.82, 2.24) is 14.5 Å². The van der Waals surface area contributed by atoms with Crippen molar-refractivity contribution < 1.29 is 28.4 Å². The van der Waals surface area contributed by atoms with Gasteiger partial charge in [-0.25, -0.2) is 9.37 Å². The van der Waals surface area contributed by atoms with Crippen molar-refractivity contribution in [3.8, 4) is 17.2 Å². The Morgan fingerprint density at radius 3 is 2.77 bits per heavy atom. The zero-order valence-corrected chi connectivity index (χ0v) is 19.9. The minimum absolute atomic E-state index is 0.0459. The highest BCUT2D eigenvalue weighted by Gasteiger charge is 2.33. The molecule has 4 rings (SSSR count). The Balaban J connectivity index is 1.32. The number of methoxy groups -OCH3 is 1. The molecule has 1 saturated heterocycles. The minimum Gasteiger partial charge on any atom is -0.493 e. The molecule has 1 aliphatic rings. The van der Waals surface area contributed by atoms with E-state index in [1.807, 2.05) is 29.0 Å². The van der Waals surface area contributed by atoms with Gasteiger partial charge >= 0.3 is 0 Å². The second kappa shape index (κ2) is 12.0. The summed E-state index contributed by atoms with van der Waals surface area (Å²) in [5, 5.41) is 11.1. The van der Waals surface area contributed by atoms with E-state index in [1.54, 1.807) is 31.8 Å². The Hall–Kier alpha value is -3.14. The van der Waals surface area contributed by atoms with E-state index in [0.717, 1.165) is 18.5 Å². The summed E-state index contributed by atoms with van der Waals surface area (Å²) in [4.78, 5) is 6.17. The fraction of sp³-hybridized carbons (Fsp3) is 0.423. The van der Waals surface area contributed by atoms with E-state index in [0.29, 0.717) is 50.1 Å². The van der Waals surface area contributed by atoms with Gasteiger partial charge in [0.05, 0.1) is 33.3 Å². The molecule has 1 N–H and O–H groups in total. The molecule has 0 aliphatic carbocycles. The Labute approximate surface area is 204 Å². The lowest BCUT2D eigenvalue weighted by molar-refractivity contribution is -0.0646. The van der Waals surface area contributed by atoms with Crippen LogP contribution >= 0.6 is 0 Å². The summed E-state index contributed by atoms with van der Waals surface area (Å²) in [5.41, 5.74) is -0.149. The highest BCUT2D eigenvalue weighted by Crippen LogP contribution is 2.29. The van der Waals surface area contributed by atoms with Crippen LogP contribution in [-0.4, -0.2) is 71.8 Å². The van der Waals surface area contributed by atoms with Crippen molar-refractivity contribution >= 4 is 0 Å². The Morgan fingerprint density at radius 1 is 1.14 bits per heavy atom. The molecule has 1 aromatic heterocycles. The summed E-state index contributed by atoms with van der Waals surface area (Å²) in [6, 6.07) is 11.6. The molecule has 2 aromatic carbocycles. The fourth-order valence-corrected chi connectivity index (χ4v) is 4.00. The van der Waals surface area contributed by atoms with Crippen LogP contribution < -0.4 is 14.2 Å². The third kappa shape index (κ3) is 7.42. The van der Waals surface area contributed by atoms with Gasteiger partial charge in [-0.05, 0) is 48.4 Å². The molecule has 35 heavy (non-hydrogen) atoms. The van der Waals surface area contributed by atoms with Crippen molar-refractivity contribution in [3.05, 3.63) is 72.6 Å². The minimum atomic E-state index is -1.19. The van der Waals surface area contributed by atoms with E-state index in [-0.39, 0.29) is 19.0 Å². The first-order valence-electron chi connectivity index (χ1n) is 11.7. The average Bonchev–Trinajstić information content (AvgIpc) is 3.31. The van der Waals surface area contributed by atoms with Gasteiger partial charge in [-0.1, -0.05) is 6.07 Å². The number of ether oxygens (including phenoxy) is 4. The number of hydrogen-bond donors (Lipinski definition) is 1. The monoisotopic (exact) mass is 485 g/mol. The zero-order valence-electron chi connectivity index (χ0n) is 19.9. The van der Waals surface area contributed by atoms with Gasteiger partial charge in [-0.2, -0.15) is 0 Å². The molecule has 0 saturated carbocycles. The number of aliphatic hydroxyl groups is 1. The number of aromatic nitrogens is 2. The number of halogens is 1. The van der Waals surface area contributed by atoms with Crippen LogP contribution in [0, 0.1) is 5.82 Å². The predicted octanol–water partition coefficient (Wildman–Crippen LogP) is 3.14. The van der Waals surface area contributed by atoms with Crippen molar-refractivity contribution in [2.24, 2.45) is 0 Å². The quantitative estimate of drug-likeness (QED) is 0.418. The highest BCUT2D eigenvalue weighted by atomic mass is 19.1. The van der Waals surface area contributed by atoms with E-state index in [2.05, 4.69) is 9.88 Å². The summed E-state index contributed by atoms with van der Waals surface area (Å²) < 4.78 is 38.0. The second-order valence-electron chi connectivity index (χ2n) is 8.72. The summed E-state index contributed by atoms with van der Waals surface area (Å²) >= 11 is 0. The number of aryl methyl sites for hydroxylation is 1. The maximum absolute atomic E-state index is 13.1. The molecule has 0 bridgehead atoms. The van der Waals surface area contributed by atoms with Gasteiger partial charge in [0.1, 0.15) is 23.8 Å². The van der Waals surface area contributed by atoms with Gasteiger partial charge in [0.2, 0.25) is 0 Å². The van der Waals surface area contributed by atoms with Crippen LogP contribution in [-0.2, 0) is 17.8 Å². The predicted molar refractivity (Wildman–Crippen MR) is 128 cm³/mol. The third-order valence-corrected chi connectivity index (χ3v) is 5.77. The molecule has 8 nitrogen and oxygen atoms in total. The van der Waals surface area contributed by atoms with Gasteiger partial charge in [0, 0.05) is 38.6 Å². The van der Waals surface area contributed by atoms with E-state index in [4.69, 9.17) is 18.9 Å². The number of benzene rings is 2. The first-order valence-corrected chi connectivity index (χ1v) is 11.7. The van der Waals surface area contributed by atoms with Gasteiger partial charge in [0.25, 0.3) is 0 Å². The molecule has 1 aliphatic heterocycles. The molecule has 0 spiro atoms. The number of hydrogen-bond acceptors (Lipinski definition) is 7. The molecule has 2 heterocycles. The van der Waals surface area contributed by atoms with Crippen molar-refractivity contribution in [2.45, 2.75) is 25.1 Å². The summed E-state index contributed by atoms with van der Waals surface area (Å²) in [5.74, 6) is 1.54. The van der Waals surface area contributed by atoms with E-state index >= 15 is 0 Å². The summed E-state index contributed by atoms with van der Waals surface area (Å²) in [6.45, 7) is 3.79. The van der Waals surface area contributed by atoms with Crippen molar-refractivity contribution in [1.29, 1.82) is 0 Å². The van der Waals surface area contributed by atoms with Crippen molar-refractivity contribution in [3.63, 3.8) is 0 Å². The van der Waals surface area contributed by atoms with E-state index in [9.17, 15) is 9.50 Å². The molecule has 188 valence electrons. The number of rotatable bonds is 11. The molecule has 0 radical (unpaired) electrons. The number of imidazole rings is 1. The molecule has 0 amide bonds. The normalized spacial score (nSPS) is 18.7. The average molecular weight is 486 g/mol. The second-order valence-corrected chi connectivity index (χ2v) is 8.72. The molecule has 0 unspecified atom stereocenters. The van der Waals surface area contributed by atoms with Gasteiger partial charge < -0.3 is 28.6 Å². The summed E-state index contributed by atoms with van der Waals surface area (Å²) in [7, 11) is 1.63. The lowest BCUT2D eigenvalue weighted by Crippen LogP contribution is -2.48. The van der Waals surface area contributed by atoms with Crippen LogP contribution in [0.3, 0.4) is 0 Å². The smallest absolute Gasteiger partial charge is 0.161 e. The molecule has 3 aromatic rings. The zero-order chi connectivity index (χ0) is 24.5. The largest absolute Gasteiger partial charge is 0.493 e. The molecular weight excluding hydrogens is 453 g/mol. The number of nitrogens with zero attached hydrogens (tertiary/aromatic N) is 3. The van der Waals surface area contributed by atoms with Crippen LogP contribution in [0.1, 0.15) is 12.0 Å². The van der Waals surface area contributed by atoms with Crippen LogP contribution in [0.2, 0.25) is 0 Å². The first kappa shape index (κ1) is 25.0. The summed E-state index contributed by atoms with van der Waals surface area (Å²) in [6.07, 6.45) is 6.34. The standard InChI is InChI=1S/C26H32FN3O5/c1-32-25-15-21(3-8-24(25)34-13-2-10-29-11-9-28-20-29)16-30-12-14-33-18-26(31,17-30)19-35-23-6-4-22(27)5-7-23/h3-9,11,15,20,31H,2,10,12-14,16-19H2,1H3/t26-/m0/s1. The van der Waals surface area contributed by atoms with Crippen LogP contribution in [0.25, 0.3) is 0 Å². The Morgan fingerprint density at radius 2 is 2.00 bits per heavy atom. The Bertz CT molecular complexity index is 1050. The van der Waals surface area contributed by atoms with E-state index in [1.165, 1.54) is 12.1 Å².